The van der Waals surface area contributed by atoms with Crippen LogP contribution in [0.15, 0.2) is 42.5 Å². The van der Waals surface area contributed by atoms with Crippen LogP contribution in [0.2, 0.25) is 0 Å². The molecule has 126 valence electrons. The van der Waals surface area contributed by atoms with Crippen molar-refractivity contribution in [3.8, 4) is 11.5 Å². The predicted molar refractivity (Wildman–Crippen MR) is 97.8 cm³/mol. The number of amides is 2. The summed E-state index contributed by atoms with van der Waals surface area (Å²) < 4.78 is 5.01. The third-order valence-electron chi connectivity index (χ3n) is 3.22. The highest BCUT2D eigenvalue weighted by Gasteiger charge is 2.01. The number of aromatic hydroxyl groups is 1. The van der Waals surface area contributed by atoms with Crippen LogP contribution in [-0.2, 0) is 0 Å². The molecule has 0 saturated carbocycles. The number of rotatable bonds is 6. The molecule has 5 nitrogen and oxygen atoms in total. The molecule has 3 N–H and O–H groups in total. The molecule has 0 aromatic heterocycles. The summed E-state index contributed by atoms with van der Waals surface area (Å²) in [6.07, 6.45) is 3.80. The number of halogens is 1. The second-order valence-electron chi connectivity index (χ2n) is 4.96. The predicted octanol–water partition coefficient (Wildman–Crippen LogP) is 3.93. The fourth-order valence-electron chi connectivity index (χ4n) is 2.02. The average molecular weight is 347 g/mol. The van der Waals surface area contributed by atoms with E-state index in [0.717, 1.165) is 11.1 Å². The van der Waals surface area contributed by atoms with Crippen LogP contribution < -0.4 is 15.4 Å². The standard InChI is InChI=1S/C18H19ClN2O3/c1-24-17-9-6-14(12-16(17)22)3-2-13-4-7-15(8-5-13)21-18(23)20-11-10-19/h2-9,12,22H,10-11H2,1H3,(H2,20,21,23)/b3-2+. The summed E-state index contributed by atoms with van der Waals surface area (Å²) in [5, 5.41) is 15.1. The molecule has 0 atom stereocenters. The molecule has 0 aliphatic heterocycles. The Morgan fingerprint density at radius 2 is 1.83 bits per heavy atom. The van der Waals surface area contributed by atoms with Gasteiger partial charge in [0, 0.05) is 18.1 Å². The molecule has 2 rings (SSSR count). The Kier molecular flexibility index (Phi) is 6.51. The number of ether oxygens (including phenoxy) is 1. The third-order valence-corrected chi connectivity index (χ3v) is 3.41. The van der Waals surface area contributed by atoms with Crippen LogP contribution in [0.1, 0.15) is 11.1 Å². The average Bonchev–Trinajstić information content (AvgIpc) is 2.59. The molecule has 0 aliphatic carbocycles. The lowest BCUT2D eigenvalue weighted by atomic mass is 10.1. The van der Waals surface area contributed by atoms with Crippen molar-refractivity contribution in [3.63, 3.8) is 0 Å². The molecule has 0 bridgehead atoms. The summed E-state index contributed by atoms with van der Waals surface area (Å²) in [5.41, 5.74) is 2.52. The molecule has 0 fully saturated rings. The molecule has 0 aliphatic rings. The highest BCUT2D eigenvalue weighted by molar-refractivity contribution is 6.18. The Labute approximate surface area is 145 Å². The van der Waals surface area contributed by atoms with Gasteiger partial charge in [0.25, 0.3) is 0 Å². The van der Waals surface area contributed by atoms with Gasteiger partial charge >= 0.3 is 6.03 Å². The van der Waals surface area contributed by atoms with Crippen LogP contribution in [0, 0.1) is 0 Å². The van der Waals surface area contributed by atoms with Crippen LogP contribution in [0.3, 0.4) is 0 Å². The van der Waals surface area contributed by atoms with Crippen LogP contribution in [-0.4, -0.2) is 30.7 Å². The number of hydrogen-bond acceptors (Lipinski definition) is 3. The number of hydrogen-bond donors (Lipinski definition) is 3. The number of urea groups is 1. The third kappa shape index (κ3) is 5.21. The molecular weight excluding hydrogens is 328 g/mol. The van der Waals surface area contributed by atoms with Gasteiger partial charge in [0.15, 0.2) is 11.5 Å². The SMILES string of the molecule is COc1ccc(/C=C/c2ccc(NC(=O)NCCCl)cc2)cc1O. The number of methoxy groups -OCH3 is 1. The maximum absolute atomic E-state index is 11.5. The number of alkyl halides is 1. The minimum Gasteiger partial charge on any atom is -0.504 e. The minimum atomic E-state index is -0.285. The number of benzene rings is 2. The molecule has 2 aromatic carbocycles. The number of nitrogens with one attached hydrogen (secondary N) is 2. The normalized spacial score (nSPS) is 10.6. The van der Waals surface area contributed by atoms with Gasteiger partial charge in [0.1, 0.15) is 0 Å². The maximum Gasteiger partial charge on any atom is 0.319 e. The Bertz CT molecular complexity index is 715. The zero-order valence-corrected chi connectivity index (χ0v) is 14.0. The van der Waals surface area contributed by atoms with Crippen LogP contribution in [0.25, 0.3) is 12.2 Å². The first-order chi connectivity index (χ1) is 11.6. The van der Waals surface area contributed by atoms with E-state index in [9.17, 15) is 9.90 Å². The molecule has 0 unspecified atom stereocenters. The van der Waals surface area contributed by atoms with Gasteiger partial charge in [-0.25, -0.2) is 4.79 Å². The molecule has 2 amide bonds. The summed E-state index contributed by atoms with van der Waals surface area (Å²) in [6, 6.07) is 12.3. The van der Waals surface area contributed by atoms with E-state index in [4.69, 9.17) is 16.3 Å². The molecule has 24 heavy (non-hydrogen) atoms. The van der Waals surface area contributed by atoms with Crippen molar-refractivity contribution in [2.75, 3.05) is 24.9 Å². The van der Waals surface area contributed by atoms with Crippen molar-refractivity contribution < 1.29 is 14.6 Å². The van der Waals surface area contributed by atoms with Crippen molar-refractivity contribution in [2.24, 2.45) is 0 Å². The topological polar surface area (TPSA) is 70.6 Å². The first-order valence-corrected chi connectivity index (χ1v) is 7.92. The van der Waals surface area contributed by atoms with Gasteiger partial charge in [-0.2, -0.15) is 0 Å². The monoisotopic (exact) mass is 346 g/mol. The second-order valence-corrected chi connectivity index (χ2v) is 5.33. The first kappa shape index (κ1) is 17.7. The van der Waals surface area contributed by atoms with Gasteiger partial charge in [0.05, 0.1) is 7.11 Å². The van der Waals surface area contributed by atoms with E-state index in [1.165, 1.54) is 7.11 Å². The van der Waals surface area contributed by atoms with Crippen molar-refractivity contribution in [2.45, 2.75) is 0 Å². The van der Waals surface area contributed by atoms with E-state index in [-0.39, 0.29) is 11.8 Å². The number of phenols is 1. The van der Waals surface area contributed by atoms with E-state index in [0.29, 0.717) is 23.9 Å². The van der Waals surface area contributed by atoms with Crippen LogP contribution in [0.5, 0.6) is 11.5 Å². The Balaban J connectivity index is 1.98. The highest BCUT2D eigenvalue weighted by Crippen LogP contribution is 2.27. The summed E-state index contributed by atoms with van der Waals surface area (Å²) in [4.78, 5) is 11.5. The summed E-state index contributed by atoms with van der Waals surface area (Å²) in [6.45, 7) is 0.420. The van der Waals surface area contributed by atoms with Gasteiger partial charge in [0.2, 0.25) is 0 Å². The quantitative estimate of drug-likeness (QED) is 0.548. The number of phenolic OH excluding ortho intramolecular Hbond substituents is 1. The van der Waals surface area contributed by atoms with Crippen LogP contribution in [0.4, 0.5) is 10.5 Å². The number of carbonyl (C=O) groups is 1. The number of anilines is 1. The first-order valence-electron chi connectivity index (χ1n) is 7.38. The summed E-state index contributed by atoms with van der Waals surface area (Å²) in [7, 11) is 1.51. The fourth-order valence-corrected chi connectivity index (χ4v) is 2.11. The largest absolute Gasteiger partial charge is 0.504 e. The number of carbonyl (C=O) groups excluding carboxylic acids is 1. The van der Waals surface area contributed by atoms with Gasteiger partial charge < -0.3 is 20.5 Å². The lowest BCUT2D eigenvalue weighted by Gasteiger charge is -2.06. The van der Waals surface area contributed by atoms with Gasteiger partial charge in [-0.3, -0.25) is 0 Å². The molecule has 0 heterocycles. The van der Waals surface area contributed by atoms with Gasteiger partial charge in [-0.15, -0.1) is 11.6 Å². The van der Waals surface area contributed by atoms with Crippen molar-refractivity contribution in [1.29, 1.82) is 0 Å². The molecule has 0 saturated heterocycles. The molecule has 0 spiro atoms. The van der Waals surface area contributed by atoms with Crippen molar-refractivity contribution in [1.82, 2.24) is 5.32 Å². The Morgan fingerprint density at radius 1 is 1.17 bits per heavy atom. The lowest BCUT2D eigenvalue weighted by Crippen LogP contribution is -2.30. The molecule has 2 aromatic rings. The zero-order chi connectivity index (χ0) is 17.4. The van der Waals surface area contributed by atoms with E-state index in [1.54, 1.807) is 12.1 Å². The lowest BCUT2D eigenvalue weighted by molar-refractivity contribution is 0.252. The molecule has 0 radical (unpaired) electrons. The zero-order valence-electron chi connectivity index (χ0n) is 13.3. The van der Waals surface area contributed by atoms with Crippen LogP contribution >= 0.6 is 11.6 Å². The second kappa shape index (κ2) is 8.84. The van der Waals surface area contributed by atoms with E-state index in [1.807, 2.05) is 42.5 Å². The van der Waals surface area contributed by atoms with Crippen molar-refractivity contribution >= 4 is 35.5 Å². The minimum absolute atomic E-state index is 0.0992. The van der Waals surface area contributed by atoms with Gasteiger partial charge in [-0.05, 0) is 35.4 Å². The fraction of sp³-hybridized carbons (Fsp3) is 0.167. The van der Waals surface area contributed by atoms with E-state index < -0.39 is 0 Å². The summed E-state index contributed by atoms with van der Waals surface area (Å²) >= 11 is 5.51. The van der Waals surface area contributed by atoms with E-state index in [2.05, 4.69) is 10.6 Å². The van der Waals surface area contributed by atoms with Gasteiger partial charge in [-0.1, -0.05) is 30.4 Å². The van der Waals surface area contributed by atoms with E-state index >= 15 is 0 Å². The maximum atomic E-state index is 11.5. The molecule has 6 heteroatoms. The van der Waals surface area contributed by atoms with Crippen molar-refractivity contribution in [3.05, 3.63) is 53.6 Å². The summed E-state index contributed by atoms with van der Waals surface area (Å²) in [5.74, 6) is 0.912. The highest BCUT2D eigenvalue weighted by atomic mass is 35.5. The molecular formula is C18H19ClN2O3. The Morgan fingerprint density at radius 3 is 2.46 bits per heavy atom. The Hall–Kier alpha value is -2.66. The smallest absolute Gasteiger partial charge is 0.319 e.